The van der Waals surface area contributed by atoms with Gasteiger partial charge in [-0.3, -0.25) is 9.59 Å². The van der Waals surface area contributed by atoms with Crippen LogP contribution in [0.1, 0.15) is 24.0 Å². The van der Waals surface area contributed by atoms with Crippen LogP contribution in [0.15, 0.2) is 48.7 Å². The molecule has 1 aliphatic carbocycles. The van der Waals surface area contributed by atoms with Crippen molar-refractivity contribution in [3.05, 3.63) is 69.8 Å². The van der Waals surface area contributed by atoms with E-state index in [1.54, 1.807) is 18.2 Å². The summed E-state index contributed by atoms with van der Waals surface area (Å²) in [5.74, 6) is -0.808. The van der Waals surface area contributed by atoms with E-state index >= 15 is 0 Å². The zero-order valence-electron chi connectivity index (χ0n) is 15.0. The van der Waals surface area contributed by atoms with E-state index in [9.17, 15) is 9.59 Å². The van der Waals surface area contributed by atoms with Crippen LogP contribution in [0.5, 0.6) is 0 Å². The molecule has 7 heteroatoms. The molecule has 0 bridgehead atoms. The fourth-order valence-electron chi connectivity index (χ4n) is 3.66. The van der Waals surface area contributed by atoms with Crippen LogP contribution in [-0.2, 0) is 21.4 Å². The first-order valence-electron chi connectivity index (χ1n) is 9.01. The van der Waals surface area contributed by atoms with Gasteiger partial charge in [0.25, 0.3) is 0 Å². The molecule has 28 heavy (non-hydrogen) atoms. The molecule has 4 N–H and O–H groups in total. The topological polar surface area (TPSA) is 88.0 Å². The summed E-state index contributed by atoms with van der Waals surface area (Å²) in [4.78, 5) is 28.3. The molecular formula is C21H19Cl2N3O2. The highest BCUT2D eigenvalue weighted by Crippen LogP contribution is 2.51. The number of aromatic nitrogens is 1. The number of hydrogen-bond acceptors (Lipinski definition) is 2. The lowest BCUT2D eigenvalue weighted by molar-refractivity contribution is -0.128. The van der Waals surface area contributed by atoms with Crippen LogP contribution in [0, 0.1) is 0 Å². The van der Waals surface area contributed by atoms with Crippen LogP contribution in [0.3, 0.4) is 0 Å². The van der Waals surface area contributed by atoms with Crippen LogP contribution in [-0.4, -0.2) is 22.8 Å². The second kappa shape index (κ2) is 7.15. The summed E-state index contributed by atoms with van der Waals surface area (Å²) in [5.41, 5.74) is 7.49. The second-order valence-electron chi connectivity index (χ2n) is 7.20. The predicted molar refractivity (Wildman–Crippen MR) is 111 cm³/mol. The van der Waals surface area contributed by atoms with Gasteiger partial charge in [0.1, 0.15) is 6.04 Å². The summed E-state index contributed by atoms with van der Waals surface area (Å²) in [7, 11) is 0. The number of carbonyl (C=O) groups excluding carboxylic acids is 2. The number of halogens is 2. The van der Waals surface area contributed by atoms with E-state index in [0.29, 0.717) is 29.3 Å². The minimum Gasteiger partial charge on any atom is -0.368 e. The van der Waals surface area contributed by atoms with Gasteiger partial charge < -0.3 is 16.0 Å². The Morgan fingerprint density at radius 3 is 2.61 bits per heavy atom. The van der Waals surface area contributed by atoms with E-state index in [1.165, 1.54) is 0 Å². The molecule has 1 aromatic heterocycles. The van der Waals surface area contributed by atoms with Crippen molar-refractivity contribution in [3.63, 3.8) is 0 Å². The third kappa shape index (κ3) is 3.36. The number of nitrogens with one attached hydrogen (secondary N) is 2. The second-order valence-corrected chi connectivity index (χ2v) is 8.04. The Kier molecular flexibility index (Phi) is 4.81. The van der Waals surface area contributed by atoms with Gasteiger partial charge in [-0.1, -0.05) is 47.5 Å². The van der Waals surface area contributed by atoms with Gasteiger partial charge in [-0.2, -0.15) is 0 Å². The predicted octanol–water partition coefficient (Wildman–Crippen LogP) is 3.72. The summed E-state index contributed by atoms with van der Waals surface area (Å²) in [6, 6.07) is 12.1. The number of H-pyrrole nitrogens is 1. The maximum absolute atomic E-state index is 13.1. The largest absolute Gasteiger partial charge is 0.368 e. The number of fused-ring (bicyclic) bond motifs is 1. The first-order chi connectivity index (χ1) is 13.4. The fraction of sp³-hybridized carbons (Fsp3) is 0.238. The Hall–Kier alpha value is -2.50. The van der Waals surface area contributed by atoms with E-state index in [1.807, 2.05) is 30.5 Å². The number of rotatable bonds is 6. The maximum Gasteiger partial charge on any atom is 0.240 e. The Labute approximate surface area is 172 Å². The average molecular weight is 416 g/mol. The zero-order valence-corrected chi connectivity index (χ0v) is 16.5. The number of nitrogens with two attached hydrogens (primary N) is 1. The Bertz CT molecular complexity index is 1070. The highest BCUT2D eigenvalue weighted by Gasteiger charge is 2.53. The van der Waals surface area contributed by atoms with Crippen molar-refractivity contribution in [1.82, 2.24) is 10.3 Å². The van der Waals surface area contributed by atoms with Crippen molar-refractivity contribution in [2.24, 2.45) is 5.73 Å². The molecular weight excluding hydrogens is 397 g/mol. The molecule has 4 rings (SSSR count). The molecule has 0 aliphatic heterocycles. The lowest BCUT2D eigenvalue weighted by atomic mass is 9.94. The Morgan fingerprint density at radius 2 is 1.93 bits per heavy atom. The standard InChI is InChI=1S/C21H19Cl2N3O2/c22-13-5-6-15(16(23)10-13)21(7-8-21)20(28)26-18(19(24)27)9-12-11-25-17-4-2-1-3-14(12)17/h1-6,10-11,18,25H,7-9H2,(H2,24,27)(H,26,28)/t18-/m0/s1. The minimum absolute atomic E-state index is 0.236. The van der Waals surface area contributed by atoms with Gasteiger partial charge in [0, 0.05) is 33.6 Å². The van der Waals surface area contributed by atoms with Crippen LogP contribution in [0.2, 0.25) is 10.0 Å². The third-order valence-corrected chi connectivity index (χ3v) is 5.93. The van der Waals surface area contributed by atoms with Gasteiger partial charge in [0.15, 0.2) is 0 Å². The van der Waals surface area contributed by atoms with Gasteiger partial charge in [-0.25, -0.2) is 0 Å². The molecule has 1 heterocycles. The molecule has 3 aromatic rings. The lowest BCUT2D eigenvalue weighted by Gasteiger charge is -2.21. The van der Waals surface area contributed by atoms with Crippen LogP contribution in [0.4, 0.5) is 0 Å². The van der Waals surface area contributed by atoms with E-state index in [4.69, 9.17) is 28.9 Å². The maximum atomic E-state index is 13.1. The van der Waals surface area contributed by atoms with Crippen LogP contribution in [0.25, 0.3) is 10.9 Å². The number of para-hydroxylation sites is 1. The molecule has 1 fully saturated rings. The molecule has 0 saturated heterocycles. The minimum atomic E-state index is -0.810. The molecule has 0 spiro atoms. The van der Waals surface area contributed by atoms with Crippen molar-refractivity contribution in [3.8, 4) is 0 Å². The quantitative estimate of drug-likeness (QED) is 0.572. The summed E-state index contributed by atoms with van der Waals surface area (Å²) in [5, 5.41) is 4.81. The highest BCUT2D eigenvalue weighted by molar-refractivity contribution is 6.35. The Morgan fingerprint density at radius 1 is 1.18 bits per heavy atom. The number of carbonyl (C=O) groups is 2. The van der Waals surface area contributed by atoms with Crippen molar-refractivity contribution in [1.29, 1.82) is 0 Å². The van der Waals surface area contributed by atoms with Gasteiger partial charge in [0.2, 0.25) is 11.8 Å². The first-order valence-corrected chi connectivity index (χ1v) is 9.77. The van der Waals surface area contributed by atoms with Gasteiger partial charge in [-0.05, 0) is 42.2 Å². The molecule has 1 aliphatic rings. The van der Waals surface area contributed by atoms with Crippen molar-refractivity contribution in [2.75, 3.05) is 0 Å². The summed E-state index contributed by atoms with van der Waals surface area (Å²) in [6.07, 6.45) is 3.49. The van der Waals surface area contributed by atoms with E-state index < -0.39 is 17.4 Å². The molecule has 2 aromatic carbocycles. The van der Waals surface area contributed by atoms with E-state index in [-0.39, 0.29) is 5.91 Å². The lowest BCUT2D eigenvalue weighted by Crippen LogP contribution is -2.49. The van der Waals surface area contributed by atoms with Crippen molar-refractivity contribution in [2.45, 2.75) is 30.7 Å². The molecule has 5 nitrogen and oxygen atoms in total. The summed E-state index contributed by atoms with van der Waals surface area (Å²) < 4.78 is 0. The number of amides is 2. The van der Waals surface area contributed by atoms with E-state index in [2.05, 4.69) is 10.3 Å². The van der Waals surface area contributed by atoms with Crippen LogP contribution >= 0.6 is 23.2 Å². The van der Waals surface area contributed by atoms with E-state index in [0.717, 1.165) is 22.0 Å². The summed E-state index contributed by atoms with van der Waals surface area (Å²) >= 11 is 12.3. The smallest absolute Gasteiger partial charge is 0.240 e. The van der Waals surface area contributed by atoms with Crippen molar-refractivity contribution < 1.29 is 9.59 Å². The number of primary amides is 1. The molecule has 0 unspecified atom stereocenters. The highest BCUT2D eigenvalue weighted by atomic mass is 35.5. The molecule has 144 valence electrons. The molecule has 1 saturated carbocycles. The van der Waals surface area contributed by atoms with Crippen LogP contribution < -0.4 is 11.1 Å². The molecule has 1 atom stereocenters. The number of benzene rings is 2. The average Bonchev–Trinajstić information content (AvgIpc) is 3.36. The fourth-order valence-corrected chi connectivity index (χ4v) is 4.25. The Balaban J connectivity index is 1.56. The monoisotopic (exact) mass is 415 g/mol. The normalized spacial score (nSPS) is 15.9. The van der Waals surface area contributed by atoms with Crippen molar-refractivity contribution >= 4 is 45.9 Å². The van der Waals surface area contributed by atoms with Gasteiger partial charge in [0.05, 0.1) is 5.41 Å². The molecule has 2 amide bonds. The number of hydrogen-bond donors (Lipinski definition) is 3. The first kappa shape index (κ1) is 18.8. The van der Waals surface area contributed by atoms with Gasteiger partial charge in [-0.15, -0.1) is 0 Å². The molecule has 0 radical (unpaired) electrons. The third-order valence-electron chi connectivity index (χ3n) is 5.38. The SMILES string of the molecule is NC(=O)[C@H](Cc1c[nH]c2ccccc12)NC(=O)C1(c2ccc(Cl)cc2Cl)CC1. The zero-order chi connectivity index (χ0) is 19.9. The number of aromatic amines is 1. The summed E-state index contributed by atoms with van der Waals surface area (Å²) in [6.45, 7) is 0. The van der Waals surface area contributed by atoms with Gasteiger partial charge >= 0.3 is 0 Å².